The number of hydrogen-bond donors (Lipinski definition) is 1. The maximum absolute atomic E-state index is 9.35. The Balaban J connectivity index is 2.26. The maximum atomic E-state index is 9.35. The highest BCUT2D eigenvalue weighted by Gasteiger charge is 2.10. The SMILES string of the molecule is COc1ccc(C#N)cc1COc1c(Br)cccc1CO. The van der Waals surface area contributed by atoms with Gasteiger partial charge in [-0.15, -0.1) is 0 Å². The number of halogens is 1. The fourth-order valence-corrected chi connectivity index (χ4v) is 2.47. The van der Waals surface area contributed by atoms with E-state index in [1.54, 1.807) is 31.4 Å². The highest BCUT2D eigenvalue weighted by atomic mass is 79.9. The second-order valence-electron chi connectivity index (χ2n) is 4.31. The van der Waals surface area contributed by atoms with Gasteiger partial charge in [0.05, 0.1) is 29.8 Å². The summed E-state index contributed by atoms with van der Waals surface area (Å²) in [6.07, 6.45) is 0. The lowest BCUT2D eigenvalue weighted by molar-refractivity contribution is 0.256. The molecule has 0 aliphatic carbocycles. The van der Waals surface area contributed by atoms with Crippen molar-refractivity contribution in [2.24, 2.45) is 0 Å². The van der Waals surface area contributed by atoms with Gasteiger partial charge in [-0.25, -0.2) is 0 Å². The Morgan fingerprint density at radius 2 is 2.05 bits per heavy atom. The minimum Gasteiger partial charge on any atom is -0.496 e. The zero-order chi connectivity index (χ0) is 15.2. The van der Waals surface area contributed by atoms with Gasteiger partial charge in [0.1, 0.15) is 18.1 Å². The molecule has 0 saturated heterocycles. The van der Waals surface area contributed by atoms with Crippen LogP contribution in [0.1, 0.15) is 16.7 Å². The van der Waals surface area contributed by atoms with Gasteiger partial charge in [0, 0.05) is 11.1 Å². The highest BCUT2D eigenvalue weighted by Crippen LogP contribution is 2.31. The fourth-order valence-electron chi connectivity index (χ4n) is 1.95. The molecule has 0 bridgehead atoms. The summed E-state index contributed by atoms with van der Waals surface area (Å²) < 4.78 is 11.8. The van der Waals surface area contributed by atoms with Crippen molar-refractivity contribution in [3.8, 4) is 17.6 Å². The summed E-state index contributed by atoms with van der Waals surface area (Å²) in [5.74, 6) is 1.25. The molecule has 0 unspecified atom stereocenters. The Hall–Kier alpha value is -2.03. The third kappa shape index (κ3) is 3.54. The topological polar surface area (TPSA) is 62.5 Å². The van der Waals surface area contributed by atoms with Gasteiger partial charge < -0.3 is 14.6 Å². The maximum Gasteiger partial charge on any atom is 0.139 e. The Bertz CT molecular complexity index is 680. The van der Waals surface area contributed by atoms with E-state index in [0.717, 1.165) is 10.0 Å². The number of hydrogen-bond acceptors (Lipinski definition) is 4. The molecule has 2 aromatic rings. The van der Waals surface area contributed by atoms with Crippen molar-refractivity contribution in [2.45, 2.75) is 13.2 Å². The van der Waals surface area contributed by atoms with Gasteiger partial charge in [-0.3, -0.25) is 0 Å². The van der Waals surface area contributed by atoms with Crippen LogP contribution in [0.4, 0.5) is 0 Å². The molecular formula is C16H14BrNO3. The molecule has 0 spiro atoms. The molecule has 5 heteroatoms. The third-order valence-electron chi connectivity index (χ3n) is 3.00. The molecular weight excluding hydrogens is 334 g/mol. The van der Waals surface area contributed by atoms with Crippen LogP contribution in [0.5, 0.6) is 11.5 Å². The van der Waals surface area contributed by atoms with Crippen molar-refractivity contribution in [3.63, 3.8) is 0 Å². The number of methoxy groups -OCH3 is 1. The minimum atomic E-state index is -0.107. The summed E-state index contributed by atoms with van der Waals surface area (Å²) in [4.78, 5) is 0. The number of para-hydroxylation sites is 1. The van der Waals surface area contributed by atoms with E-state index in [1.165, 1.54) is 0 Å². The summed E-state index contributed by atoms with van der Waals surface area (Å²) in [5, 5.41) is 18.3. The van der Waals surface area contributed by atoms with Crippen molar-refractivity contribution in [3.05, 3.63) is 57.6 Å². The number of rotatable bonds is 5. The van der Waals surface area contributed by atoms with Crippen LogP contribution in [-0.4, -0.2) is 12.2 Å². The van der Waals surface area contributed by atoms with Crippen molar-refractivity contribution >= 4 is 15.9 Å². The van der Waals surface area contributed by atoms with Gasteiger partial charge in [-0.2, -0.15) is 5.26 Å². The normalized spacial score (nSPS) is 10.0. The molecule has 1 N–H and O–H groups in total. The zero-order valence-electron chi connectivity index (χ0n) is 11.5. The van der Waals surface area contributed by atoms with Gasteiger partial charge in [-0.05, 0) is 40.2 Å². The Labute approximate surface area is 131 Å². The third-order valence-corrected chi connectivity index (χ3v) is 3.62. The minimum absolute atomic E-state index is 0.107. The molecule has 0 atom stereocenters. The first-order chi connectivity index (χ1) is 10.2. The predicted octanol–water partition coefficient (Wildman–Crippen LogP) is 3.40. The van der Waals surface area contributed by atoms with Crippen molar-refractivity contribution in [1.82, 2.24) is 0 Å². The van der Waals surface area contributed by atoms with Crippen LogP contribution in [0.15, 0.2) is 40.9 Å². The van der Waals surface area contributed by atoms with E-state index >= 15 is 0 Å². The molecule has 0 amide bonds. The fraction of sp³-hybridized carbons (Fsp3) is 0.188. The summed E-state index contributed by atoms with van der Waals surface area (Å²) in [5.41, 5.74) is 2.01. The van der Waals surface area contributed by atoms with Gasteiger partial charge in [-0.1, -0.05) is 12.1 Å². The molecule has 108 valence electrons. The van der Waals surface area contributed by atoms with E-state index < -0.39 is 0 Å². The molecule has 0 aliphatic heterocycles. The van der Waals surface area contributed by atoms with Crippen LogP contribution in [0.25, 0.3) is 0 Å². The van der Waals surface area contributed by atoms with Gasteiger partial charge >= 0.3 is 0 Å². The van der Waals surface area contributed by atoms with E-state index in [4.69, 9.17) is 14.7 Å². The monoisotopic (exact) mass is 347 g/mol. The first-order valence-electron chi connectivity index (χ1n) is 6.27. The standard InChI is InChI=1S/C16H14BrNO3/c1-20-15-6-5-11(8-18)7-13(15)10-21-16-12(9-19)3-2-4-14(16)17/h2-7,19H,9-10H2,1H3. The van der Waals surface area contributed by atoms with Gasteiger partial charge in [0.25, 0.3) is 0 Å². The number of benzene rings is 2. The molecule has 0 radical (unpaired) electrons. The molecule has 0 saturated carbocycles. The highest BCUT2D eigenvalue weighted by molar-refractivity contribution is 9.10. The van der Waals surface area contributed by atoms with Crippen LogP contribution in [-0.2, 0) is 13.2 Å². The lowest BCUT2D eigenvalue weighted by Gasteiger charge is -2.14. The molecule has 4 nitrogen and oxygen atoms in total. The quantitative estimate of drug-likeness (QED) is 0.900. The Morgan fingerprint density at radius 1 is 1.24 bits per heavy atom. The second-order valence-corrected chi connectivity index (χ2v) is 5.17. The molecule has 0 heterocycles. The molecule has 0 aromatic heterocycles. The van der Waals surface area contributed by atoms with Gasteiger partial charge in [0.2, 0.25) is 0 Å². The first kappa shape index (κ1) is 15.4. The summed E-state index contributed by atoms with van der Waals surface area (Å²) >= 11 is 3.41. The van der Waals surface area contributed by atoms with Gasteiger partial charge in [0.15, 0.2) is 0 Å². The lowest BCUT2D eigenvalue weighted by Crippen LogP contribution is -2.02. The lowest BCUT2D eigenvalue weighted by atomic mass is 10.1. The number of nitriles is 1. The number of ether oxygens (including phenoxy) is 2. The molecule has 2 aromatic carbocycles. The second kappa shape index (κ2) is 7.11. The van der Waals surface area contributed by atoms with Crippen molar-refractivity contribution in [1.29, 1.82) is 5.26 Å². The molecule has 0 fully saturated rings. The average Bonchev–Trinajstić information content (AvgIpc) is 2.53. The molecule has 2 rings (SSSR count). The van der Waals surface area contributed by atoms with Crippen molar-refractivity contribution < 1.29 is 14.6 Å². The van der Waals surface area contributed by atoms with E-state index in [1.807, 2.05) is 12.1 Å². The smallest absolute Gasteiger partial charge is 0.139 e. The predicted molar refractivity (Wildman–Crippen MR) is 82.1 cm³/mol. The van der Waals surface area contributed by atoms with Crippen LogP contribution in [0, 0.1) is 11.3 Å². The van der Waals surface area contributed by atoms with Crippen LogP contribution in [0.2, 0.25) is 0 Å². The number of nitrogens with zero attached hydrogens (tertiary/aromatic N) is 1. The van der Waals surface area contributed by atoms with E-state index in [0.29, 0.717) is 22.6 Å². The molecule has 21 heavy (non-hydrogen) atoms. The van der Waals surface area contributed by atoms with E-state index in [-0.39, 0.29) is 13.2 Å². The first-order valence-corrected chi connectivity index (χ1v) is 7.07. The summed E-state index contributed by atoms with van der Waals surface area (Å²) in [6.45, 7) is 0.137. The van der Waals surface area contributed by atoms with E-state index in [2.05, 4.69) is 22.0 Å². The largest absolute Gasteiger partial charge is 0.496 e. The Morgan fingerprint density at radius 3 is 2.71 bits per heavy atom. The van der Waals surface area contributed by atoms with Crippen molar-refractivity contribution in [2.75, 3.05) is 7.11 Å². The molecule has 0 aliphatic rings. The summed E-state index contributed by atoms with van der Waals surface area (Å²) in [7, 11) is 1.57. The number of aliphatic hydroxyl groups is 1. The summed E-state index contributed by atoms with van der Waals surface area (Å²) in [6, 6.07) is 12.7. The Kier molecular flexibility index (Phi) is 5.20. The zero-order valence-corrected chi connectivity index (χ0v) is 13.1. The van der Waals surface area contributed by atoms with E-state index in [9.17, 15) is 5.11 Å². The van der Waals surface area contributed by atoms with Crippen LogP contribution >= 0.6 is 15.9 Å². The number of aliphatic hydroxyl groups excluding tert-OH is 1. The van der Waals surface area contributed by atoms with Crippen LogP contribution < -0.4 is 9.47 Å². The average molecular weight is 348 g/mol. The van der Waals surface area contributed by atoms with Crippen LogP contribution in [0.3, 0.4) is 0 Å².